The quantitative estimate of drug-likeness (QED) is 0.325. The number of aromatic amines is 1. The van der Waals surface area contributed by atoms with Crippen LogP contribution in [-0.4, -0.2) is 43.7 Å². The number of carbonyl (C=O) groups is 2. The zero-order valence-electron chi connectivity index (χ0n) is 18.7. The average molecular weight is 436 g/mol. The van der Waals surface area contributed by atoms with E-state index in [0.29, 0.717) is 34.8 Å². The molecule has 2 aromatic carbocycles. The van der Waals surface area contributed by atoms with Crippen molar-refractivity contribution in [3.63, 3.8) is 0 Å². The van der Waals surface area contributed by atoms with Gasteiger partial charge >= 0.3 is 5.97 Å². The van der Waals surface area contributed by atoms with Crippen LogP contribution in [0.15, 0.2) is 54.6 Å². The van der Waals surface area contributed by atoms with Gasteiger partial charge < -0.3 is 25.1 Å². The third-order valence-corrected chi connectivity index (χ3v) is 5.12. The number of hydrogen-bond acceptors (Lipinski definition) is 5. The Bertz CT molecular complexity index is 1040. The summed E-state index contributed by atoms with van der Waals surface area (Å²) in [5, 5.41) is 6.25. The van der Waals surface area contributed by atoms with Crippen molar-refractivity contribution in [2.24, 2.45) is 0 Å². The van der Waals surface area contributed by atoms with E-state index in [-0.39, 0.29) is 12.5 Å². The average Bonchev–Trinajstić information content (AvgIpc) is 3.10. The molecule has 1 amide bonds. The van der Waals surface area contributed by atoms with Crippen LogP contribution in [0.4, 0.5) is 11.4 Å². The summed E-state index contributed by atoms with van der Waals surface area (Å²) in [6, 6.07) is 17.8. The van der Waals surface area contributed by atoms with E-state index < -0.39 is 5.97 Å². The number of hydrogen-bond donors (Lipinski definition) is 3. The van der Waals surface area contributed by atoms with E-state index in [1.54, 1.807) is 13.8 Å². The van der Waals surface area contributed by atoms with Gasteiger partial charge in [-0.2, -0.15) is 0 Å². The predicted molar refractivity (Wildman–Crippen MR) is 125 cm³/mol. The monoisotopic (exact) mass is 435 g/mol. The number of aromatic nitrogens is 1. The number of rotatable bonds is 10. The highest BCUT2D eigenvalue weighted by Gasteiger charge is 2.23. The minimum absolute atomic E-state index is 0.159. The molecule has 1 aromatic heterocycles. The molecule has 1 heterocycles. The summed E-state index contributed by atoms with van der Waals surface area (Å²) in [5.74, 6) is -0.787. The number of ether oxygens (including phenoxy) is 2. The van der Waals surface area contributed by atoms with Gasteiger partial charge in [0.2, 0.25) is 0 Å². The van der Waals surface area contributed by atoms with Crippen molar-refractivity contribution in [3.05, 3.63) is 82.7 Å². The maximum absolute atomic E-state index is 12.8. The molecule has 0 atom stereocenters. The number of amides is 1. The second-order valence-corrected chi connectivity index (χ2v) is 7.45. The molecule has 0 aliphatic heterocycles. The van der Waals surface area contributed by atoms with Crippen LogP contribution in [0.25, 0.3) is 0 Å². The Balaban J connectivity index is 1.57. The first-order valence-electron chi connectivity index (χ1n) is 10.5. The fourth-order valence-electron chi connectivity index (χ4n) is 3.43. The van der Waals surface area contributed by atoms with E-state index in [0.717, 1.165) is 18.7 Å². The molecule has 0 saturated heterocycles. The molecular formula is C25H29N3O4. The maximum Gasteiger partial charge on any atom is 0.340 e. The summed E-state index contributed by atoms with van der Waals surface area (Å²) in [6.07, 6.45) is 0.932. The van der Waals surface area contributed by atoms with E-state index in [4.69, 9.17) is 9.47 Å². The molecule has 0 saturated carbocycles. The van der Waals surface area contributed by atoms with Crippen LogP contribution < -0.4 is 10.6 Å². The zero-order valence-corrected chi connectivity index (χ0v) is 18.7. The van der Waals surface area contributed by atoms with Crippen molar-refractivity contribution < 1.29 is 19.1 Å². The van der Waals surface area contributed by atoms with Crippen LogP contribution in [0.2, 0.25) is 0 Å². The minimum Gasteiger partial charge on any atom is -0.460 e. The molecule has 0 aliphatic rings. The highest BCUT2D eigenvalue weighted by molar-refractivity contribution is 6.06. The standard InChI is InChI=1S/C25H29N3O4/c1-17-22(25(30)32-16-15-31-3)18(2)27-23(17)24(29)28-21-11-9-20(10-12-21)26-14-13-19-7-5-4-6-8-19/h4-12,26-27H,13-16H2,1-3H3,(H,28,29). The topological polar surface area (TPSA) is 92.5 Å². The summed E-state index contributed by atoms with van der Waals surface area (Å²) in [7, 11) is 1.54. The Kier molecular flexibility index (Phi) is 8.05. The third-order valence-electron chi connectivity index (χ3n) is 5.12. The summed E-state index contributed by atoms with van der Waals surface area (Å²) >= 11 is 0. The van der Waals surface area contributed by atoms with E-state index in [2.05, 4.69) is 27.8 Å². The lowest BCUT2D eigenvalue weighted by atomic mass is 10.1. The Labute approximate surface area is 188 Å². The van der Waals surface area contributed by atoms with E-state index in [1.165, 1.54) is 12.7 Å². The summed E-state index contributed by atoms with van der Waals surface area (Å²) in [4.78, 5) is 28.1. The maximum atomic E-state index is 12.8. The molecule has 0 radical (unpaired) electrons. The molecule has 0 bridgehead atoms. The normalized spacial score (nSPS) is 10.6. The van der Waals surface area contributed by atoms with Gasteiger partial charge in [-0.05, 0) is 55.7 Å². The Hall–Kier alpha value is -3.58. The Morgan fingerprint density at radius 3 is 2.31 bits per heavy atom. The van der Waals surface area contributed by atoms with E-state index in [1.807, 2.05) is 42.5 Å². The highest BCUT2D eigenvalue weighted by Crippen LogP contribution is 2.21. The molecule has 0 unspecified atom stereocenters. The molecule has 3 rings (SSSR count). The van der Waals surface area contributed by atoms with Gasteiger partial charge in [0.05, 0.1) is 12.2 Å². The molecule has 0 spiro atoms. The first-order valence-corrected chi connectivity index (χ1v) is 10.5. The van der Waals surface area contributed by atoms with Crippen molar-refractivity contribution in [3.8, 4) is 0 Å². The van der Waals surface area contributed by atoms with Crippen LogP contribution in [0.1, 0.15) is 37.7 Å². The second kappa shape index (κ2) is 11.2. The van der Waals surface area contributed by atoms with Gasteiger partial charge in [0.1, 0.15) is 12.3 Å². The fourth-order valence-corrected chi connectivity index (χ4v) is 3.43. The first-order chi connectivity index (χ1) is 15.5. The second-order valence-electron chi connectivity index (χ2n) is 7.45. The summed E-state index contributed by atoms with van der Waals surface area (Å²) in [5.41, 5.74) is 4.79. The van der Waals surface area contributed by atoms with Gasteiger partial charge in [0.15, 0.2) is 0 Å². The lowest BCUT2D eigenvalue weighted by Gasteiger charge is -2.09. The van der Waals surface area contributed by atoms with Crippen molar-refractivity contribution >= 4 is 23.3 Å². The van der Waals surface area contributed by atoms with Gasteiger partial charge in [-0.25, -0.2) is 4.79 Å². The van der Waals surface area contributed by atoms with Gasteiger partial charge in [0, 0.05) is 30.7 Å². The van der Waals surface area contributed by atoms with Crippen molar-refractivity contribution in [1.82, 2.24) is 4.98 Å². The first kappa shape index (κ1) is 23.1. The molecule has 3 N–H and O–H groups in total. The minimum atomic E-state index is -0.474. The zero-order chi connectivity index (χ0) is 22.9. The van der Waals surface area contributed by atoms with E-state index in [9.17, 15) is 9.59 Å². The number of aryl methyl sites for hydroxylation is 1. The number of esters is 1. The molecule has 7 heteroatoms. The van der Waals surface area contributed by atoms with Crippen LogP contribution >= 0.6 is 0 Å². The number of carbonyl (C=O) groups excluding carboxylic acids is 2. The molecule has 168 valence electrons. The number of anilines is 2. The van der Waals surface area contributed by atoms with Gasteiger partial charge in [-0.1, -0.05) is 30.3 Å². The molecule has 0 aliphatic carbocycles. The third kappa shape index (κ3) is 5.98. The highest BCUT2D eigenvalue weighted by atomic mass is 16.6. The van der Waals surface area contributed by atoms with Gasteiger partial charge in [0.25, 0.3) is 5.91 Å². The molecule has 32 heavy (non-hydrogen) atoms. The predicted octanol–water partition coefficient (Wildman–Crippen LogP) is 4.34. The summed E-state index contributed by atoms with van der Waals surface area (Å²) in [6.45, 7) is 4.77. The number of H-pyrrole nitrogens is 1. The van der Waals surface area contributed by atoms with E-state index >= 15 is 0 Å². The van der Waals surface area contributed by atoms with Crippen LogP contribution in [0, 0.1) is 13.8 Å². The number of benzene rings is 2. The smallest absolute Gasteiger partial charge is 0.340 e. The van der Waals surface area contributed by atoms with Crippen molar-refractivity contribution in [2.45, 2.75) is 20.3 Å². The molecular weight excluding hydrogens is 406 g/mol. The SMILES string of the molecule is COCCOC(=O)c1c(C)[nH]c(C(=O)Nc2ccc(NCCc3ccccc3)cc2)c1C. The molecule has 7 nitrogen and oxygen atoms in total. The largest absolute Gasteiger partial charge is 0.460 e. The van der Waals surface area contributed by atoms with Crippen LogP contribution in [0.5, 0.6) is 0 Å². The van der Waals surface area contributed by atoms with Gasteiger partial charge in [-0.3, -0.25) is 4.79 Å². The van der Waals surface area contributed by atoms with Crippen LogP contribution in [-0.2, 0) is 15.9 Å². The van der Waals surface area contributed by atoms with Crippen LogP contribution in [0.3, 0.4) is 0 Å². The van der Waals surface area contributed by atoms with Crippen molar-refractivity contribution in [2.75, 3.05) is 37.5 Å². The Morgan fingerprint density at radius 2 is 1.62 bits per heavy atom. The van der Waals surface area contributed by atoms with Crippen molar-refractivity contribution in [1.29, 1.82) is 0 Å². The lowest BCUT2D eigenvalue weighted by Crippen LogP contribution is -2.15. The summed E-state index contributed by atoms with van der Waals surface area (Å²) < 4.78 is 10.1. The lowest BCUT2D eigenvalue weighted by molar-refractivity contribution is 0.0387. The fraction of sp³-hybridized carbons (Fsp3) is 0.280. The molecule has 3 aromatic rings. The number of methoxy groups -OCH3 is 1. The Morgan fingerprint density at radius 1 is 0.938 bits per heavy atom. The number of nitrogens with one attached hydrogen (secondary N) is 3. The molecule has 0 fully saturated rings. The van der Waals surface area contributed by atoms with Gasteiger partial charge in [-0.15, -0.1) is 0 Å².